The molecule has 128 valence electrons. The lowest BCUT2D eigenvalue weighted by Crippen LogP contribution is -2.47. The van der Waals surface area contributed by atoms with Crippen molar-refractivity contribution in [3.05, 3.63) is 70.8 Å². The number of guanidine groups is 1. The lowest BCUT2D eigenvalue weighted by molar-refractivity contribution is -0.120. The summed E-state index contributed by atoms with van der Waals surface area (Å²) >= 11 is 0. The summed E-state index contributed by atoms with van der Waals surface area (Å²) in [6.07, 6.45) is 1.24. The van der Waals surface area contributed by atoms with E-state index in [-0.39, 0.29) is 30.2 Å². The highest BCUT2D eigenvalue weighted by molar-refractivity contribution is 6.11. The van der Waals surface area contributed by atoms with Crippen LogP contribution in [0.15, 0.2) is 53.5 Å². The van der Waals surface area contributed by atoms with Gasteiger partial charge >= 0.3 is 0 Å². The van der Waals surface area contributed by atoms with E-state index < -0.39 is 0 Å². The molecule has 2 aromatic carbocycles. The van der Waals surface area contributed by atoms with Crippen molar-refractivity contribution in [1.82, 2.24) is 10.6 Å². The molecular weight excluding hydrogens is 314 g/mol. The van der Waals surface area contributed by atoms with Gasteiger partial charge in [0.2, 0.25) is 11.9 Å². The van der Waals surface area contributed by atoms with Crippen LogP contribution in [0.2, 0.25) is 0 Å². The van der Waals surface area contributed by atoms with Gasteiger partial charge in [-0.3, -0.25) is 20.2 Å². The highest BCUT2D eigenvalue weighted by atomic mass is 16.2. The number of carbonyl (C=O) groups excluding carboxylic acids is 2. The monoisotopic (exact) mass is 335 g/mol. The Kier molecular flexibility index (Phi) is 4.93. The first-order valence-electron chi connectivity index (χ1n) is 8.40. The Morgan fingerprint density at radius 3 is 2.60 bits per heavy atom. The summed E-state index contributed by atoms with van der Waals surface area (Å²) in [5.41, 5.74) is 3.64. The molecule has 0 saturated heterocycles. The van der Waals surface area contributed by atoms with Gasteiger partial charge in [-0.1, -0.05) is 49.4 Å². The number of aliphatic imine (C=N–C) groups is 1. The molecule has 2 amide bonds. The average molecular weight is 335 g/mol. The molecule has 0 unspecified atom stereocenters. The van der Waals surface area contributed by atoms with Gasteiger partial charge in [-0.15, -0.1) is 0 Å². The van der Waals surface area contributed by atoms with E-state index >= 15 is 0 Å². The van der Waals surface area contributed by atoms with Crippen LogP contribution in [-0.2, 0) is 11.2 Å². The van der Waals surface area contributed by atoms with Crippen molar-refractivity contribution < 1.29 is 9.59 Å². The predicted molar refractivity (Wildman–Crippen MR) is 97.4 cm³/mol. The first-order chi connectivity index (χ1) is 12.1. The average Bonchev–Trinajstić information content (AvgIpc) is 2.61. The number of hydrogen-bond acceptors (Lipinski definition) is 3. The minimum Gasteiger partial charge on any atom is -0.296 e. The van der Waals surface area contributed by atoms with Crippen molar-refractivity contribution >= 4 is 17.8 Å². The molecule has 0 fully saturated rings. The van der Waals surface area contributed by atoms with Crippen LogP contribution in [-0.4, -0.2) is 17.8 Å². The molecule has 1 aliphatic rings. The smallest absolute Gasteiger partial charge is 0.258 e. The summed E-state index contributed by atoms with van der Waals surface area (Å²) in [4.78, 5) is 29.0. The number of rotatable bonds is 3. The van der Waals surface area contributed by atoms with E-state index in [1.807, 2.05) is 43.3 Å². The molecule has 5 nitrogen and oxygen atoms in total. The normalized spacial score (nSPS) is 16.8. The number of nitrogens with zero attached hydrogens (tertiary/aromatic N) is 1. The Hall–Kier alpha value is -2.95. The lowest BCUT2D eigenvalue weighted by Gasteiger charge is -2.21. The number of aryl methyl sites for hydroxylation is 2. The van der Waals surface area contributed by atoms with Gasteiger partial charge in [0.1, 0.15) is 0 Å². The van der Waals surface area contributed by atoms with Crippen LogP contribution >= 0.6 is 0 Å². The Balaban J connectivity index is 1.80. The van der Waals surface area contributed by atoms with Crippen LogP contribution in [0.25, 0.3) is 0 Å². The molecule has 1 heterocycles. The summed E-state index contributed by atoms with van der Waals surface area (Å²) in [7, 11) is 0. The van der Waals surface area contributed by atoms with E-state index in [1.165, 1.54) is 5.56 Å². The topological polar surface area (TPSA) is 70.6 Å². The summed E-state index contributed by atoms with van der Waals surface area (Å²) in [6.45, 7) is 3.97. The number of benzene rings is 2. The molecule has 0 radical (unpaired) electrons. The Bertz CT molecular complexity index is 825. The van der Waals surface area contributed by atoms with Gasteiger partial charge in [-0.25, -0.2) is 4.99 Å². The van der Waals surface area contributed by atoms with Crippen molar-refractivity contribution in [2.45, 2.75) is 32.7 Å². The summed E-state index contributed by atoms with van der Waals surface area (Å²) < 4.78 is 0. The van der Waals surface area contributed by atoms with Crippen molar-refractivity contribution in [3.63, 3.8) is 0 Å². The van der Waals surface area contributed by atoms with Gasteiger partial charge in [0.05, 0.1) is 12.5 Å². The fourth-order valence-corrected chi connectivity index (χ4v) is 2.83. The minimum absolute atomic E-state index is 0.153. The molecule has 3 rings (SSSR count). The molecule has 0 spiro atoms. The Morgan fingerprint density at radius 1 is 1.20 bits per heavy atom. The maximum absolute atomic E-state index is 12.4. The first kappa shape index (κ1) is 16.9. The van der Waals surface area contributed by atoms with Gasteiger partial charge in [0.15, 0.2) is 0 Å². The number of nitrogens with one attached hydrogen (secondary N) is 2. The van der Waals surface area contributed by atoms with E-state index in [0.29, 0.717) is 5.56 Å². The lowest BCUT2D eigenvalue weighted by atomic mass is 10.0. The second-order valence-corrected chi connectivity index (χ2v) is 6.11. The molecule has 5 heteroatoms. The molecule has 0 saturated carbocycles. The zero-order valence-corrected chi connectivity index (χ0v) is 14.4. The highest BCUT2D eigenvalue weighted by Crippen LogP contribution is 2.24. The fraction of sp³-hybridized carbons (Fsp3) is 0.250. The number of amides is 2. The molecule has 1 atom stereocenters. The predicted octanol–water partition coefficient (Wildman–Crippen LogP) is 2.90. The highest BCUT2D eigenvalue weighted by Gasteiger charge is 2.24. The second kappa shape index (κ2) is 7.30. The summed E-state index contributed by atoms with van der Waals surface area (Å²) in [5.74, 6) is -0.229. The molecule has 2 N–H and O–H groups in total. The van der Waals surface area contributed by atoms with Gasteiger partial charge in [-0.2, -0.15) is 0 Å². The molecule has 25 heavy (non-hydrogen) atoms. The zero-order valence-electron chi connectivity index (χ0n) is 14.4. The number of hydrogen-bond donors (Lipinski definition) is 2. The van der Waals surface area contributed by atoms with Crippen LogP contribution in [0.3, 0.4) is 0 Å². The van der Waals surface area contributed by atoms with Crippen LogP contribution < -0.4 is 10.6 Å². The number of carbonyl (C=O) groups is 2. The van der Waals surface area contributed by atoms with Crippen molar-refractivity contribution in [2.24, 2.45) is 4.99 Å². The fourth-order valence-electron chi connectivity index (χ4n) is 2.83. The third-order valence-corrected chi connectivity index (χ3v) is 4.32. The van der Waals surface area contributed by atoms with Crippen molar-refractivity contribution in [1.29, 1.82) is 0 Å². The Morgan fingerprint density at radius 2 is 1.92 bits per heavy atom. The second-order valence-electron chi connectivity index (χ2n) is 6.11. The van der Waals surface area contributed by atoms with Crippen LogP contribution in [0, 0.1) is 6.92 Å². The summed E-state index contributed by atoms with van der Waals surface area (Å²) in [6, 6.07) is 15.1. The van der Waals surface area contributed by atoms with Gasteiger partial charge in [0.25, 0.3) is 5.91 Å². The van der Waals surface area contributed by atoms with Gasteiger partial charge in [0, 0.05) is 5.56 Å². The van der Waals surface area contributed by atoms with E-state index in [9.17, 15) is 9.59 Å². The minimum atomic E-state index is -0.285. The molecule has 0 aromatic heterocycles. The standard InChI is InChI=1S/C20H21N3O2/c1-3-14-8-10-15(11-9-14)17-12-18(24)22-20(21-17)23-19(25)16-7-5-4-6-13(16)2/h4-11,17H,3,12H2,1-2H3,(H2,21,22,23,24,25)/t17-/m1/s1. The van der Waals surface area contributed by atoms with E-state index in [2.05, 4.69) is 22.5 Å². The quantitative estimate of drug-likeness (QED) is 0.905. The molecular formula is C20H21N3O2. The van der Waals surface area contributed by atoms with Crippen LogP contribution in [0.4, 0.5) is 0 Å². The van der Waals surface area contributed by atoms with Crippen molar-refractivity contribution in [2.75, 3.05) is 0 Å². The SMILES string of the molecule is CCc1ccc([C@H]2CC(=O)NC(NC(=O)c3ccccc3C)=N2)cc1. The largest absolute Gasteiger partial charge is 0.296 e. The van der Waals surface area contributed by atoms with Crippen LogP contribution in [0.1, 0.15) is 46.4 Å². The van der Waals surface area contributed by atoms with Crippen LogP contribution in [0.5, 0.6) is 0 Å². The third kappa shape index (κ3) is 3.94. The third-order valence-electron chi connectivity index (χ3n) is 4.32. The Labute approximate surface area is 147 Å². The summed E-state index contributed by atoms with van der Waals surface area (Å²) in [5, 5.41) is 5.35. The maximum atomic E-state index is 12.4. The first-order valence-corrected chi connectivity index (χ1v) is 8.40. The molecule has 1 aliphatic heterocycles. The van der Waals surface area contributed by atoms with E-state index in [0.717, 1.165) is 17.5 Å². The molecule has 0 aliphatic carbocycles. The van der Waals surface area contributed by atoms with E-state index in [4.69, 9.17) is 0 Å². The van der Waals surface area contributed by atoms with Gasteiger partial charge < -0.3 is 0 Å². The van der Waals surface area contributed by atoms with Crippen molar-refractivity contribution in [3.8, 4) is 0 Å². The molecule has 2 aromatic rings. The maximum Gasteiger partial charge on any atom is 0.258 e. The zero-order chi connectivity index (χ0) is 17.8. The molecule has 0 bridgehead atoms. The van der Waals surface area contributed by atoms with Gasteiger partial charge in [-0.05, 0) is 36.1 Å². The van der Waals surface area contributed by atoms with E-state index in [1.54, 1.807) is 12.1 Å².